The third kappa shape index (κ3) is 4.12. The van der Waals surface area contributed by atoms with Crippen molar-refractivity contribution >= 4 is 34.3 Å². The smallest absolute Gasteiger partial charge is 0.167 e. The first-order valence-corrected chi connectivity index (χ1v) is 11.2. The Morgan fingerprint density at radius 2 is 2.03 bits per heavy atom. The number of imidazole rings is 1. The Labute approximate surface area is 184 Å². The number of nitrogens with one attached hydrogen (secondary N) is 1. The molecule has 31 heavy (non-hydrogen) atoms. The van der Waals surface area contributed by atoms with Gasteiger partial charge < -0.3 is 29.7 Å². The summed E-state index contributed by atoms with van der Waals surface area (Å²) in [5.41, 5.74) is 1.08. The van der Waals surface area contributed by atoms with Crippen LogP contribution in [0.5, 0.6) is 0 Å². The summed E-state index contributed by atoms with van der Waals surface area (Å²) in [6.07, 6.45) is 4.50. The standard InChI is InChI=1S/C20H27N5O5S/c26-15-13(8-29-20(31)11-3-1-2-4-11)30-19(16(15)27)25-10-23-14-17(21-9-22-18(14)25)24-12-5-6-28-7-12/h9-13,15-16,19,26-27H,1-8H2,(H,21,22,24)/t12-,13?,15?,16?,19?/m1/s1. The van der Waals surface area contributed by atoms with Crippen LogP contribution in [-0.2, 0) is 14.2 Å². The second kappa shape index (κ2) is 8.91. The highest BCUT2D eigenvalue weighted by Crippen LogP contribution is 2.33. The monoisotopic (exact) mass is 449 g/mol. The fourth-order valence-electron chi connectivity index (χ4n) is 4.53. The van der Waals surface area contributed by atoms with Crippen LogP contribution in [0.2, 0.25) is 0 Å². The third-order valence-electron chi connectivity index (χ3n) is 6.32. The molecule has 0 aromatic carbocycles. The highest BCUT2D eigenvalue weighted by Gasteiger charge is 2.45. The Bertz CT molecular complexity index is 930. The molecule has 1 saturated carbocycles. The second-order valence-corrected chi connectivity index (χ2v) is 8.81. The summed E-state index contributed by atoms with van der Waals surface area (Å²) >= 11 is 5.39. The zero-order valence-corrected chi connectivity index (χ0v) is 17.9. The number of hydrogen-bond donors (Lipinski definition) is 3. The normalized spacial score (nSPS) is 31.5. The van der Waals surface area contributed by atoms with Crippen molar-refractivity contribution in [2.75, 3.05) is 25.1 Å². The lowest BCUT2D eigenvalue weighted by atomic mass is 10.1. The first-order chi connectivity index (χ1) is 15.1. The summed E-state index contributed by atoms with van der Waals surface area (Å²) < 4.78 is 18.7. The van der Waals surface area contributed by atoms with Crippen molar-refractivity contribution < 1.29 is 24.4 Å². The molecule has 3 aliphatic rings. The summed E-state index contributed by atoms with van der Waals surface area (Å²) in [5.74, 6) is 0.897. The van der Waals surface area contributed by atoms with Gasteiger partial charge in [0.15, 0.2) is 28.3 Å². The molecular formula is C20H27N5O5S. The van der Waals surface area contributed by atoms with Gasteiger partial charge >= 0.3 is 0 Å². The number of anilines is 1. The van der Waals surface area contributed by atoms with Crippen molar-refractivity contribution in [3.8, 4) is 0 Å². The molecule has 2 aromatic heterocycles. The lowest BCUT2D eigenvalue weighted by Gasteiger charge is -2.18. The van der Waals surface area contributed by atoms with Crippen molar-refractivity contribution in [1.29, 1.82) is 0 Å². The fraction of sp³-hybridized carbons (Fsp3) is 0.700. The van der Waals surface area contributed by atoms with Gasteiger partial charge in [0.1, 0.15) is 31.2 Å². The summed E-state index contributed by atoms with van der Waals surface area (Å²) in [6, 6.07) is 0.170. The molecule has 2 saturated heterocycles. The Kier molecular flexibility index (Phi) is 6.02. The summed E-state index contributed by atoms with van der Waals surface area (Å²) in [4.78, 5) is 13.1. The summed E-state index contributed by atoms with van der Waals surface area (Å²) in [5, 5.41) is 25.1. The van der Waals surface area contributed by atoms with Crippen LogP contribution < -0.4 is 5.32 Å². The molecule has 4 unspecified atom stereocenters. The van der Waals surface area contributed by atoms with Gasteiger partial charge in [-0.15, -0.1) is 0 Å². The first kappa shape index (κ1) is 21.0. The van der Waals surface area contributed by atoms with Gasteiger partial charge in [0.05, 0.1) is 19.0 Å². The van der Waals surface area contributed by atoms with Crippen molar-refractivity contribution in [3.05, 3.63) is 12.7 Å². The van der Waals surface area contributed by atoms with E-state index < -0.39 is 24.5 Å². The number of hydrogen-bond acceptors (Lipinski definition) is 10. The zero-order valence-electron chi connectivity index (χ0n) is 17.1. The van der Waals surface area contributed by atoms with Gasteiger partial charge in [0, 0.05) is 12.5 Å². The van der Waals surface area contributed by atoms with E-state index in [9.17, 15) is 10.2 Å². The molecule has 5 atom stereocenters. The van der Waals surface area contributed by atoms with Crippen LogP contribution in [-0.4, -0.2) is 79.0 Å². The maximum absolute atomic E-state index is 10.6. The van der Waals surface area contributed by atoms with Gasteiger partial charge in [0.2, 0.25) is 0 Å². The topological polar surface area (TPSA) is 124 Å². The molecule has 3 fully saturated rings. The van der Waals surface area contributed by atoms with Gasteiger partial charge in [-0.2, -0.15) is 0 Å². The van der Waals surface area contributed by atoms with Gasteiger partial charge in [0.25, 0.3) is 0 Å². The number of aliphatic hydroxyl groups is 2. The van der Waals surface area contributed by atoms with E-state index in [4.69, 9.17) is 26.4 Å². The molecule has 3 N–H and O–H groups in total. The molecule has 0 spiro atoms. The van der Waals surface area contributed by atoms with E-state index in [0.29, 0.717) is 41.2 Å². The molecule has 11 heteroatoms. The van der Waals surface area contributed by atoms with E-state index >= 15 is 0 Å². The van der Waals surface area contributed by atoms with Crippen LogP contribution in [0.15, 0.2) is 12.7 Å². The second-order valence-electron chi connectivity index (χ2n) is 8.41. The molecule has 0 bridgehead atoms. The molecular weight excluding hydrogens is 422 g/mol. The van der Waals surface area contributed by atoms with E-state index in [1.165, 1.54) is 6.33 Å². The average molecular weight is 450 g/mol. The minimum Gasteiger partial charge on any atom is -0.484 e. The van der Waals surface area contributed by atoms with E-state index in [2.05, 4.69) is 20.3 Å². The van der Waals surface area contributed by atoms with E-state index in [-0.39, 0.29) is 12.6 Å². The number of fused-ring (bicyclic) bond motifs is 1. The number of aliphatic hydroxyl groups excluding tert-OH is 2. The Balaban J connectivity index is 1.29. The first-order valence-electron chi connectivity index (χ1n) is 10.8. The molecule has 2 aliphatic heterocycles. The van der Waals surface area contributed by atoms with Gasteiger partial charge in [-0.25, -0.2) is 15.0 Å². The maximum Gasteiger partial charge on any atom is 0.167 e. The van der Waals surface area contributed by atoms with Crippen molar-refractivity contribution in [1.82, 2.24) is 19.5 Å². The molecule has 4 heterocycles. The minimum absolute atomic E-state index is 0.0974. The SMILES string of the molecule is OC1C(COC(=S)C2CCCC2)OC(n2cnc3c(N[C@@H]4CCOC4)ncnc32)C1O. The number of rotatable bonds is 6. The Morgan fingerprint density at radius 3 is 2.81 bits per heavy atom. The van der Waals surface area contributed by atoms with Crippen LogP contribution in [0.25, 0.3) is 11.2 Å². The minimum atomic E-state index is -1.15. The maximum atomic E-state index is 10.6. The van der Waals surface area contributed by atoms with Gasteiger partial charge in [-0.3, -0.25) is 4.57 Å². The van der Waals surface area contributed by atoms with Crippen LogP contribution in [0.3, 0.4) is 0 Å². The summed E-state index contributed by atoms with van der Waals surface area (Å²) in [7, 11) is 0. The number of nitrogens with zero attached hydrogens (tertiary/aromatic N) is 4. The Hall–Kier alpha value is -1.92. The largest absolute Gasteiger partial charge is 0.484 e. The third-order valence-corrected chi connectivity index (χ3v) is 6.77. The van der Waals surface area contributed by atoms with Crippen LogP contribution in [0.4, 0.5) is 5.82 Å². The highest BCUT2D eigenvalue weighted by molar-refractivity contribution is 7.80. The van der Waals surface area contributed by atoms with Crippen molar-refractivity contribution in [2.45, 2.75) is 62.7 Å². The van der Waals surface area contributed by atoms with Gasteiger partial charge in [-0.05, 0) is 31.5 Å². The fourth-order valence-corrected chi connectivity index (χ4v) is 4.83. The molecule has 2 aromatic rings. The molecule has 1 aliphatic carbocycles. The van der Waals surface area contributed by atoms with E-state index in [1.807, 2.05) is 0 Å². The van der Waals surface area contributed by atoms with Crippen LogP contribution in [0, 0.1) is 5.92 Å². The quantitative estimate of drug-likeness (QED) is 0.554. The molecule has 0 radical (unpaired) electrons. The van der Waals surface area contributed by atoms with Crippen molar-refractivity contribution in [2.24, 2.45) is 5.92 Å². The molecule has 5 rings (SSSR count). The predicted molar refractivity (Wildman–Crippen MR) is 115 cm³/mol. The van der Waals surface area contributed by atoms with E-state index in [1.54, 1.807) is 10.9 Å². The summed E-state index contributed by atoms with van der Waals surface area (Å²) in [6.45, 7) is 1.43. The lowest BCUT2D eigenvalue weighted by Crippen LogP contribution is -2.34. The average Bonchev–Trinajstić information content (AvgIpc) is 3.56. The highest BCUT2D eigenvalue weighted by atomic mass is 32.1. The Morgan fingerprint density at radius 1 is 1.19 bits per heavy atom. The zero-order chi connectivity index (χ0) is 21.4. The lowest BCUT2D eigenvalue weighted by molar-refractivity contribution is -0.0493. The van der Waals surface area contributed by atoms with Gasteiger partial charge in [-0.1, -0.05) is 12.8 Å². The van der Waals surface area contributed by atoms with Crippen LogP contribution >= 0.6 is 12.2 Å². The number of aromatic nitrogens is 4. The molecule has 10 nitrogen and oxygen atoms in total. The molecule has 0 amide bonds. The number of ether oxygens (including phenoxy) is 3. The molecule has 168 valence electrons. The van der Waals surface area contributed by atoms with Crippen LogP contribution in [0.1, 0.15) is 38.3 Å². The van der Waals surface area contributed by atoms with Crippen molar-refractivity contribution in [3.63, 3.8) is 0 Å². The predicted octanol–water partition coefficient (Wildman–Crippen LogP) is 1.18. The van der Waals surface area contributed by atoms with E-state index in [0.717, 1.165) is 32.1 Å². The number of thiocarbonyl (C=S) groups is 1.